The number of carbonyl (C=O) groups is 1. The van der Waals surface area contributed by atoms with Gasteiger partial charge in [0.1, 0.15) is 11.6 Å². The lowest BCUT2D eigenvalue weighted by atomic mass is 10.4. The zero-order valence-electron chi connectivity index (χ0n) is 6.97. The van der Waals surface area contributed by atoms with Crippen molar-refractivity contribution in [2.45, 2.75) is 0 Å². The second-order valence-electron chi connectivity index (χ2n) is 2.21. The van der Waals surface area contributed by atoms with E-state index in [2.05, 4.69) is 17.8 Å². The molecule has 0 aliphatic heterocycles. The number of hydrogen-bond donors (Lipinski definition) is 2. The summed E-state index contributed by atoms with van der Waals surface area (Å²) in [4.78, 5) is 14.5. The van der Waals surface area contributed by atoms with Gasteiger partial charge < -0.3 is 10.5 Å². The number of ether oxygens (including phenoxy) is 1. The van der Waals surface area contributed by atoms with Crippen molar-refractivity contribution in [3.8, 4) is 5.75 Å². The fourth-order valence-corrected chi connectivity index (χ4v) is 0.850. The van der Waals surface area contributed by atoms with E-state index in [1.807, 2.05) is 0 Å². The monoisotopic (exact) mass is 199 g/mol. The molecule has 1 aromatic rings. The summed E-state index contributed by atoms with van der Waals surface area (Å²) in [5, 5.41) is 0. The average molecular weight is 199 g/mol. The molecule has 0 fully saturated rings. The predicted octanol–water partition coefficient (Wildman–Crippen LogP) is 0.820. The summed E-state index contributed by atoms with van der Waals surface area (Å²) in [6.07, 6.45) is 1.47. The topological polar surface area (TPSA) is 68.5 Å². The SMILES string of the molecule is COc1ccc(N(S)C(N)=O)nc1. The first-order valence-corrected chi connectivity index (χ1v) is 3.83. The van der Waals surface area contributed by atoms with E-state index in [0.29, 0.717) is 11.6 Å². The van der Waals surface area contributed by atoms with E-state index in [9.17, 15) is 4.79 Å². The standard InChI is InChI=1S/C7H9N3O2S/c1-12-5-2-3-6(9-4-5)10(13)7(8)11/h2-4,13H,1H3,(H2,8,11). The van der Waals surface area contributed by atoms with Crippen molar-refractivity contribution in [1.29, 1.82) is 0 Å². The van der Waals surface area contributed by atoms with E-state index in [-0.39, 0.29) is 0 Å². The summed E-state index contributed by atoms with van der Waals surface area (Å²) < 4.78 is 5.83. The Balaban J connectivity index is 2.85. The lowest BCUT2D eigenvalue weighted by molar-refractivity contribution is 0.257. The maximum atomic E-state index is 10.7. The number of anilines is 1. The molecule has 13 heavy (non-hydrogen) atoms. The van der Waals surface area contributed by atoms with Gasteiger partial charge in [0.05, 0.1) is 13.3 Å². The number of pyridine rings is 1. The zero-order valence-corrected chi connectivity index (χ0v) is 7.86. The van der Waals surface area contributed by atoms with E-state index in [0.717, 1.165) is 4.31 Å². The van der Waals surface area contributed by atoms with Crippen molar-refractivity contribution < 1.29 is 9.53 Å². The van der Waals surface area contributed by atoms with Crippen LogP contribution in [0.3, 0.4) is 0 Å². The van der Waals surface area contributed by atoms with Gasteiger partial charge >= 0.3 is 6.03 Å². The first-order valence-electron chi connectivity index (χ1n) is 3.43. The number of nitrogens with two attached hydrogens (primary N) is 1. The Morgan fingerprint density at radius 1 is 1.69 bits per heavy atom. The fourth-order valence-electron chi connectivity index (χ4n) is 0.731. The number of amides is 2. The summed E-state index contributed by atoms with van der Waals surface area (Å²) >= 11 is 3.83. The molecule has 1 rings (SSSR count). The average Bonchev–Trinajstić information content (AvgIpc) is 2.17. The number of hydrogen-bond acceptors (Lipinski definition) is 4. The van der Waals surface area contributed by atoms with Gasteiger partial charge in [-0.25, -0.2) is 14.1 Å². The third-order valence-corrected chi connectivity index (χ3v) is 1.78. The van der Waals surface area contributed by atoms with Crippen LogP contribution in [0.25, 0.3) is 0 Å². The third-order valence-electron chi connectivity index (χ3n) is 1.38. The number of aromatic nitrogens is 1. The Morgan fingerprint density at radius 3 is 2.77 bits per heavy atom. The highest BCUT2D eigenvalue weighted by Gasteiger charge is 2.08. The van der Waals surface area contributed by atoms with Crippen LogP contribution in [0.1, 0.15) is 0 Å². The van der Waals surface area contributed by atoms with Crippen molar-refractivity contribution >= 4 is 24.7 Å². The van der Waals surface area contributed by atoms with Crippen molar-refractivity contribution in [1.82, 2.24) is 4.98 Å². The Labute approximate surface area is 81.0 Å². The second kappa shape index (κ2) is 3.99. The molecule has 0 spiro atoms. The number of methoxy groups -OCH3 is 1. The van der Waals surface area contributed by atoms with Crippen LogP contribution in [-0.4, -0.2) is 18.1 Å². The molecule has 0 aliphatic carbocycles. The molecule has 1 heterocycles. The second-order valence-corrected chi connectivity index (χ2v) is 2.61. The van der Waals surface area contributed by atoms with Crippen LogP contribution in [0.15, 0.2) is 18.3 Å². The maximum Gasteiger partial charge on any atom is 0.330 e. The smallest absolute Gasteiger partial charge is 0.330 e. The summed E-state index contributed by atoms with van der Waals surface area (Å²) in [7, 11) is 1.53. The largest absolute Gasteiger partial charge is 0.495 e. The van der Waals surface area contributed by atoms with Crippen LogP contribution in [0.2, 0.25) is 0 Å². The minimum absolute atomic E-state index is 0.358. The van der Waals surface area contributed by atoms with Gasteiger partial charge in [-0.15, -0.1) is 0 Å². The predicted molar refractivity (Wildman–Crippen MR) is 51.8 cm³/mol. The Morgan fingerprint density at radius 2 is 2.38 bits per heavy atom. The van der Waals surface area contributed by atoms with Crippen molar-refractivity contribution in [3.05, 3.63) is 18.3 Å². The molecule has 0 radical (unpaired) electrons. The molecule has 2 N–H and O–H groups in total. The molecular formula is C7H9N3O2S. The summed E-state index contributed by atoms with van der Waals surface area (Å²) in [5.41, 5.74) is 4.98. The van der Waals surface area contributed by atoms with Crippen molar-refractivity contribution in [3.63, 3.8) is 0 Å². The molecule has 0 saturated carbocycles. The van der Waals surface area contributed by atoms with E-state index in [1.54, 1.807) is 12.1 Å². The molecule has 0 aliphatic rings. The Bertz CT molecular complexity index is 301. The molecule has 0 bridgehead atoms. The van der Waals surface area contributed by atoms with Gasteiger partial charge in [-0.1, -0.05) is 12.8 Å². The van der Waals surface area contributed by atoms with Crippen LogP contribution in [0.4, 0.5) is 10.6 Å². The number of nitrogens with zero attached hydrogens (tertiary/aromatic N) is 2. The van der Waals surface area contributed by atoms with Crippen LogP contribution in [0.5, 0.6) is 5.75 Å². The van der Waals surface area contributed by atoms with Crippen LogP contribution in [0, 0.1) is 0 Å². The van der Waals surface area contributed by atoms with Crippen LogP contribution < -0.4 is 14.8 Å². The molecule has 0 aromatic carbocycles. The number of rotatable bonds is 2. The van der Waals surface area contributed by atoms with Crippen LogP contribution >= 0.6 is 12.8 Å². The Hall–Kier alpha value is -1.43. The normalized spacial score (nSPS) is 9.38. The molecule has 1 aromatic heterocycles. The molecule has 0 unspecified atom stereocenters. The lowest BCUT2D eigenvalue weighted by Gasteiger charge is -2.10. The highest BCUT2D eigenvalue weighted by molar-refractivity contribution is 7.82. The van der Waals surface area contributed by atoms with Gasteiger partial charge in [-0.3, -0.25) is 0 Å². The highest BCUT2D eigenvalue weighted by Crippen LogP contribution is 2.16. The third kappa shape index (κ3) is 2.25. The first-order chi connectivity index (χ1) is 6.15. The van der Waals surface area contributed by atoms with Gasteiger partial charge in [0, 0.05) is 0 Å². The molecule has 2 amide bonds. The van der Waals surface area contributed by atoms with Crippen molar-refractivity contribution in [2.24, 2.45) is 5.73 Å². The van der Waals surface area contributed by atoms with Gasteiger partial charge in [0.15, 0.2) is 0 Å². The molecule has 6 heteroatoms. The van der Waals surface area contributed by atoms with Gasteiger partial charge in [-0.2, -0.15) is 0 Å². The zero-order chi connectivity index (χ0) is 9.84. The molecule has 0 atom stereocenters. The summed E-state index contributed by atoms with van der Waals surface area (Å²) in [6.45, 7) is 0. The van der Waals surface area contributed by atoms with Crippen molar-refractivity contribution in [2.75, 3.05) is 11.4 Å². The van der Waals surface area contributed by atoms with E-state index < -0.39 is 6.03 Å². The number of urea groups is 1. The van der Waals surface area contributed by atoms with Gasteiger partial charge in [0.25, 0.3) is 0 Å². The van der Waals surface area contributed by atoms with Crippen LogP contribution in [-0.2, 0) is 0 Å². The van der Waals surface area contributed by atoms with E-state index in [1.165, 1.54) is 13.3 Å². The molecular weight excluding hydrogens is 190 g/mol. The van der Waals surface area contributed by atoms with E-state index >= 15 is 0 Å². The molecule has 70 valence electrons. The minimum Gasteiger partial charge on any atom is -0.495 e. The minimum atomic E-state index is -0.680. The highest BCUT2D eigenvalue weighted by atomic mass is 32.1. The Kier molecular flexibility index (Phi) is 2.97. The quantitative estimate of drug-likeness (QED) is 0.693. The van der Waals surface area contributed by atoms with E-state index in [4.69, 9.17) is 10.5 Å². The van der Waals surface area contributed by atoms with Gasteiger partial charge in [-0.05, 0) is 12.1 Å². The molecule has 5 nitrogen and oxygen atoms in total. The first kappa shape index (κ1) is 9.66. The lowest BCUT2D eigenvalue weighted by Crippen LogP contribution is -2.27. The summed E-state index contributed by atoms with van der Waals surface area (Å²) in [6, 6.07) is 2.56. The number of carbonyl (C=O) groups excluding carboxylic acids is 1. The fraction of sp³-hybridized carbons (Fsp3) is 0.143. The number of primary amides is 1. The maximum absolute atomic E-state index is 10.7. The summed E-state index contributed by atoms with van der Waals surface area (Å²) in [5.74, 6) is 0.964. The number of thiol groups is 1. The molecule has 0 saturated heterocycles. The van der Waals surface area contributed by atoms with Gasteiger partial charge in [0.2, 0.25) is 0 Å².